The number of carbonyl (C=O) groups is 1. The van der Waals surface area contributed by atoms with Gasteiger partial charge in [-0.2, -0.15) is 5.10 Å². The van der Waals surface area contributed by atoms with Crippen LogP contribution in [0.1, 0.15) is 36.6 Å². The number of carbonyl (C=O) groups excluding carboxylic acids is 1. The quantitative estimate of drug-likeness (QED) is 0.437. The van der Waals surface area contributed by atoms with Crippen LogP contribution in [0, 0.1) is 0 Å². The molecule has 1 amide bonds. The lowest BCUT2D eigenvalue weighted by Gasteiger charge is -2.19. The summed E-state index contributed by atoms with van der Waals surface area (Å²) in [4.78, 5) is 13.2. The van der Waals surface area contributed by atoms with Crippen molar-refractivity contribution in [1.82, 2.24) is 15.2 Å². The van der Waals surface area contributed by atoms with Gasteiger partial charge in [-0.05, 0) is 54.8 Å². The van der Waals surface area contributed by atoms with Crippen molar-refractivity contribution in [1.29, 1.82) is 0 Å². The summed E-state index contributed by atoms with van der Waals surface area (Å²) in [5.74, 6) is 1.58. The monoisotopic (exact) mass is 499 g/mol. The molecule has 0 radical (unpaired) electrons. The third kappa shape index (κ3) is 5.26. The van der Waals surface area contributed by atoms with Crippen LogP contribution in [0.4, 0.5) is 5.13 Å². The number of rotatable bonds is 9. The number of nitrogens with one attached hydrogen (secondary N) is 1. The third-order valence-electron chi connectivity index (χ3n) is 5.69. The van der Waals surface area contributed by atoms with Crippen LogP contribution in [0.25, 0.3) is 0 Å². The minimum Gasteiger partial charge on any atom is -0.497 e. The molecule has 1 N–H and O–H groups in total. The normalized spacial score (nSPS) is 19.9. The molecule has 0 bridgehead atoms. The number of hydrogen-bond acceptors (Lipinski definition) is 10. The van der Waals surface area contributed by atoms with E-state index in [1.165, 1.54) is 28.1 Å². The third-order valence-corrected chi connectivity index (χ3v) is 7.69. The Morgan fingerprint density at radius 3 is 2.91 bits per heavy atom. The standard InChI is InChI=1S/C23H25N5O4S2/c1-30-16-8-6-15(7-9-16)18-12-19(20-5-3-11-32-20)28(27-18)21(29)14-33-23-26-25-22(34-23)24-13-17-4-2-10-31-17/h3,5-9,11,17,19H,2,4,10,12-14H2,1H3,(H,24,25). The first-order valence-electron chi connectivity index (χ1n) is 11.1. The van der Waals surface area contributed by atoms with E-state index >= 15 is 0 Å². The number of nitrogens with zero attached hydrogens (tertiary/aromatic N) is 4. The van der Waals surface area contributed by atoms with Gasteiger partial charge in [0.2, 0.25) is 5.13 Å². The average molecular weight is 500 g/mol. The van der Waals surface area contributed by atoms with Crippen molar-refractivity contribution in [3.8, 4) is 5.75 Å². The lowest BCUT2D eigenvalue weighted by molar-refractivity contribution is -0.130. The first-order chi connectivity index (χ1) is 16.7. The zero-order valence-corrected chi connectivity index (χ0v) is 20.3. The van der Waals surface area contributed by atoms with Crippen LogP contribution >= 0.6 is 23.1 Å². The largest absolute Gasteiger partial charge is 0.497 e. The minimum atomic E-state index is -0.279. The summed E-state index contributed by atoms with van der Waals surface area (Å²) in [7, 11) is 1.63. The average Bonchev–Trinajstić information content (AvgIpc) is 3.68. The Hall–Kier alpha value is -2.89. The fraction of sp³-hybridized carbons (Fsp3) is 0.391. The number of benzene rings is 1. The van der Waals surface area contributed by atoms with Crippen LogP contribution in [0.2, 0.25) is 0 Å². The highest BCUT2D eigenvalue weighted by Crippen LogP contribution is 2.35. The van der Waals surface area contributed by atoms with Crippen LogP contribution in [-0.4, -0.2) is 58.9 Å². The summed E-state index contributed by atoms with van der Waals surface area (Å²) in [5, 5.41) is 18.6. The van der Waals surface area contributed by atoms with Gasteiger partial charge in [0.05, 0.1) is 30.9 Å². The van der Waals surface area contributed by atoms with E-state index in [2.05, 4.69) is 20.6 Å². The number of methoxy groups -OCH3 is 1. The molecule has 2 atom stereocenters. The maximum absolute atomic E-state index is 13.2. The number of hydrogen-bond donors (Lipinski definition) is 1. The highest BCUT2D eigenvalue weighted by atomic mass is 32.2. The van der Waals surface area contributed by atoms with E-state index in [4.69, 9.17) is 13.9 Å². The summed E-state index contributed by atoms with van der Waals surface area (Å²) < 4.78 is 17.2. The van der Waals surface area contributed by atoms with Crippen molar-refractivity contribution in [3.05, 3.63) is 54.0 Å². The molecule has 3 aromatic rings. The maximum Gasteiger partial charge on any atom is 0.253 e. The molecule has 0 aliphatic carbocycles. The van der Waals surface area contributed by atoms with Crippen molar-refractivity contribution in [2.24, 2.45) is 5.10 Å². The first kappa shape index (κ1) is 22.9. The van der Waals surface area contributed by atoms with Crippen molar-refractivity contribution in [3.63, 3.8) is 0 Å². The fourth-order valence-electron chi connectivity index (χ4n) is 3.94. The zero-order valence-electron chi connectivity index (χ0n) is 18.7. The molecule has 2 unspecified atom stereocenters. The maximum atomic E-state index is 13.2. The van der Waals surface area contributed by atoms with Gasteiger partial charge in [-0.25, -0.2) is 5.01 Å². The van der Waals surface area contributed by atoms with Gasteiger partial charge in [0.15, 0.2) is 4.34 Å². The van der Waals surface area contributed by atoms with Crippen LogP contribution < -0.4 is 10.1 Å². The molecular formula is C23H25N5O4S2. The molecule has 4 heterocycles. The Morgan fingerprint density at radius 1 is 1.29 bits per heavy atom. The molecule has 2 aliphatic rings. The van der Waals surface area contributed by atoms with Crippen molar-refractivity contribution < 1.29 is 18.7 Å². The van der Waals surface area contributed by atoms with E-state index in [1.54, 1.807) is 13.4 Å². The number of anilines is 1. The zero-order chi connectivity index (χ0) is 23.3. The Bertz CT molecular complexity index is 1130. The van der Waals surface area contributed by atoms with Gasteiger partial charge >= 0.3 is 0 Å². The van der Waals surface area contributed by atoms with E-state index < -0.39 is 0 Å². The van der Waals surface area contributed by atoms with E-state index in [-0.39, 0.29) is 23.8 Å². The minimum absolute atomic E-state index is 0.112. The van der Waals surface area contributed by atoms with Crippen molar-refractivity contribution >= 4 is 39.8 Å². The SMILES string of the molecule is COc1ccc(C2=NN(C(=O)CSc3nnc(NCC4CCCO4)s3)C(c3ccco3)C2)cc1. The van der Waals surface area contributed by atoms with Crippen LogP contribution in [-0.2, 0) is 9.53 Å². The van der Waals surface area contributed by atoms with E-state index in [1.807, 2.05) is 36.4 Å². The van der Waals surface area contributed by atoms with Gasteiger partial charge in [0.1, 0.15) is 17.6 Å². The molecule has 178 valence electrons. The summed E-state index contributed by atoms with van der Waals surface area (Å²) in [5.41, 5.74) is 1.78. The molecule has 1 saturated heterocycles. The predicted molar refractivity (Wildman–Crippen MR) is 131 cm³/mol. The van der Waals surface area contributed by atoms with E-state index in [0.717, 1.165) is 52.5 Å². The molecular weight excluding hydrogens is 474 g/mol. The molecule has 0 spiro atoms. The second-order valence-electron chi connectivity index (χ2n) is 7.93. The second-order valence-corrected chi connectivity index (χ2v) is 10.1. The molecule has 11 heteroatoms. The first-order valence-corrected chi connectivity index (χ1v) is 12.9. The molecule has 1 fully saturated rings. The Kier molecular flexibility index (Phi) is 7.12. The number of ether oxygens (including phenoxy) is 2. The van der Waals surface area contributed by atoms with Gasteiger partial charge in [-0.15, -0.1) is 10.2 Å². The number of hydrazone groups is 1. The Morgan fingerprint density at radius 2 is 2.18 bits per heavy atom. The lowest BCUT2D eigenvalue weighted by atomic mass is 10.0. The number of furan rings is 1. The predicted octanol–water partition coefficient (Wildman–Crippen LogP) is 4.20. The Balaban J connectivity index is 1.23. The van der Waals surface area contributed by atoms with Gasteiger partial charge in [-0.3, -0.25) is 4.79 Å². The van der Waals surface area contributed by atoms with Gasteiger partial charge < -0.3 is 19.2 Å². The highest BCUT2D eigenvalue weighted by molar-refractivity contribution is 8.01. The van der Waals surface area contributed by atoms with Gasteiger partial charge in [0.25, 0.3) is 5.91 Å². The molecule has 2 aromatic heterocycles. The van der Waals surface area contributed by atoms with Crippen LogP contribution in [0.5, 0.6) is 5.75 Å². The number of aromatic nitrogens is 2. The smallest absolute Gasteiger partial charge is 0.253 e. The molecule has 9 nitrogen and oxygen atoms in total. The van der Waals surface area contributed by atoms with Crippen molar-refractivity contribution in [2.75, 3.05) is 31.3 Å². The lowest BCUT2D eigenvalue weighted by Crippen LogP contribution is -2.28. The summed E-state index contributed by atoms with van der Waals surface area (Å²) in [6.45, 7) is 1.55. The number of amides is 1. The highest BCUT2D eigenvalue weighted by Gasteiger charge is 2.35. The topological polar surface area (TPSA) is 102 Å². The van der Waals surface area contributed by atoms with Crippen molar-refractivity contribution in [2.45, 2.75) is 35.7 Å². The van der Waals surface area contributed by atoms with E-state index in [9.17, 15) is 4.79 Å². The molecule has 1 aromatic carbocycles. The molecule has 2 aliphatic heterocycles. The summed E-state index contributed by atoms with van der Waals surface area (Å²) in [6.07, 6.45) is 4.59. The molecule has 5 rings (SSSR count). The Labute approximate surface area is 205 Å². The van der Waals surface area contributed by atoms with Gasteiger partial charge in [0, 0.05) is 19.6 Å². The molecule has 0 saturated carbocycles. The van der Waals surface area contributed by atoms with Crippen LogP contribution in [0.3, 0.4) is 0 Å². The summed E-state index contributed by atoms with van der Waals surface area (Å²) in [6, 6.07) is 11.1. The molecule has 34 heavy (non-hydrogen) atoms. The summed E-state index contributed by atoms with van der Waals surface area (Å²) >= 11 is 2.80. The fourth-order valence-corrected chi connectivity index (χ4v) is 5.55. The van der Waals surface area contributed by atoms with Crippen LogP contribution in [0.15, 0.2) is 56.5 Å². The number of thioether (sulfide) groups is 1. The van der Waals surface area contributed by atoms with E-state index in [0.29, 0.717) is 12.2 Å². The van der Waals surface area contributed by atoms with Gasteiger partial charge in [-0.1, -0.05) is 23.1 Å². The second kappa shape index (κ2) is 10.6.